The first-order valence-corrected chi connectivity index (χ1v) is 29.3. The molecule has 0 radical (unpaired) electrons. The van der Waals surface area contributed by atoms with Crippen molar-refractivity contribution in [2.45, 2.75) is 20.8 Å². The van der Waals surface area contributed by atoms with Crippen LogP contribution in [0.2, 0.25) is 0 Å². The minimum atomic E-state index is -0.968. The Morgan fingerprint density at radius 2 is 0.605 bits per heavy atom. The molecule has 3 aliphatic heterocycles. The van der Waals surface area contributed by atoms with Gasteiger partial charge in [0.15, 0.2) is 23.0 Å². The van der Waals surface area contributed by atoms with Crippen LogP contribution >= 0.6 is 23.8 Å². The van der Waals surface area contributed by atoms with E-state index in [4.69, 9.17) is 28.4 Å². The van der Waals surface area contributed by atoms with Gasteiger partial charge in [-0.15, -0.1) is 0 Å². The summed E-state index contributed by atoms with van der Waals surface area (Å²) in [7, 11) is -2.70. The van der Waals surface area contributed by atoms with Crippen LogP contribution in [0.25, 0.3) is 22.3 Å². The Balaban J connectivity index is 0.000000170. The van der Waals surface area contributed by atoms with Gasteiger partial charge in [0.1, 0.15) is 11.5 Å². The maximum absolute atomic E-state index is 6.35. The van der Waals surface area contributed by atoms with E-state index in [1.54, 1.807) is 0 Å². The fraction of sp³-hybridized carbons (Fsp3) is 0.104. The van der Waals surface area contributed by atoms with Gasteiger partial charge in [-0.25, -0.2) is 0 Å². The highest BCUT2D eigenvalue weighted by molar-refractivity contribution is 7.81. The average Bonchev–Trinajstić information content (AvgIpc) is 4.22. The summed E-state index contributed by atoms with van der Waals surface area (Å²) in [5.41, 5.74) is 5.53. The first-order valence-electron chi connectivity index (χ1n) is 25.2. The molecule has 6 nitrogen and oxygen atoms in total. The van der Waals surface area contributed by atoms with Gasteiger partial charge >= 0.3 is 0 Å². The summed E-state index contributed by atoms with van der Waals surface area (Å²) in [6.07, 6.45) is 0.864. The predicted octanol–water partition coefficient (Wildman–Crippen LogP) is 12.5. The van der Waals surface area contributed by atoms with E-state index in [1.165, 1.54) is 53.3 Å². The maximum Gasteiger partial charge on any atom is 0.231 e. The zero-order valence-electron chi connectivity index (χ0n) is 41.4. The molecule has 13 rings (SSSR count). The van der Waals surface area contributed by atoms with Gasteiger partial charge < -0.3 is 28.4 Å². The minimum Gasteiger partial charge on any atom is -0.493 e. The van der Waals surface area contributed by atoms with Crippen molar-refractivity contribution >= 4 is 71.5 Å². The van der Waals surface area contributed by atoms with E-state index >= 15 is 0 Å². The molecule has 0 amide bonds. The molecule has 0 spiro atoms. The highest BCUT2D eigenvalue weighted by Crippen LogP contribution is 2.54. The Labute approximate surface area is 450 Å². The second-order valence-corrected chi connectivity index (χ2v) is 24.6. The average molecular weight is 1050 g/mol. The van der Waals surface area contributed by atoms with Crippen LogP contribution in [-0.4, -0.2) is 26.8 Å². The van der Waals surface area contributed by atoms with Gasteiger partial charge in [0.05, 0.1) is 13.2 Å². The summed E-state index contributed by atoms with van der Waals surface area (Å²) in [4.78, 5) is 0. The van der Waals surface area contributed by atoms with E-state index < -0.39 is 23.8 Å². The van der Waals surface area contributed by atoms with E-state index in [-0.39, 0.29) is 21.0 Å². The van der Waals surface area contributed by atoms with Crippen molar-refractivity contribution < 1.29 is 28.4 Å². The van der Waals surface area contributed by atoms with Crippen LogP contribution < -0.4 is 76.2 Å². The monoisotopic (exact) mass is 1050 g/mol. The highest BCUT2D eigenvalue weighted by atomic mass is 31.1. The lowest BCUT2D eigenvalue weighted by Gasteiger charge is -2.27. The molecule has 0 saturated heterocycles. The largest absolute Gasteiger partial charge is 0.493 e. The third-order valence-electron chi connectivity index (χ3n) is 13.4. The normalized spacial score (nSPS) is 12.9. The predicted molar refractivity (Wildman–Crippen MR) is 319 cm³/mol. The number of ether oxygens (including phenoxy) is 6. The van der Waals surface area contributed by atoms with Crippen molar-refractivity contribution in [1.29, 1.82) is 0 Å². The lowest BCUT2D eigenvalue weighted by molar-refractivity contribution is 0.173. The number of aryl methyl sites for hydroxylation is 1. The van der Waals surface area contributed by atoms with Crippen LogP contribution in [0.1, 0.15) is 19.4 Å². The van der Waals surface area contributed by atoms with Crippen molar-refractivity contribution in [3.63, 3.8) is 0 Å². The van der Waals surface area contributed by atoms with Crippen LogP contribution in [0.15, 0.2) is 243 Å². The molecule has 0 aliphatic carbocycles. The Hall–Kier alpha value is -7.71. The van der Waals surface area contributed by atoms with Crippen molar-refractivity contribution in [1.82, 2.24) is 0 Å². The van der Waals surface area contributed by atoms with Crippen molar-refractivity contribution in [2.24, 2.45) is 0 Å². The number of fused-ring (bicyclic) bond motifs is 5. The standard InChI is InChI=1S/C38H28O4P2.C28H25O2P.CH4/c1-5-13-27(14-6-1)43(28-15-7-2-8-16-28)33-23-21-31-37(41-25-39-31)35(33)36-34(24-22-32-38(36)42-26-40-32)44(29-17-9-3-10-18-29)30-19-11-4-12-20-30;1-21-11-8-16-24-27(21)28-25(30-20-10-19-29-24)17-9-18-26(28)31(22-12-4-2-5-13-22)23-14-6-3-7-15-23;/h1-24H,25-26H2;2-9,11-18H,10,19-20H2,1H3;1H4. The number of hydrogen-bond acceptors (Lipinski definition) is 6. The summed E-state index contributed by atoms with van der Waals surface area (Å²) < 4.78 is 37.3. The molecule has 0 bridgehead atoms. The first-order chi connectivity index (χ1) is 37.2. The summed E-state index contributed by atoms with van der Waals surface area (Å²) in [6.45, 7) is 3.82. The van der Waals surface area contributed by atoms with Gasteiger partial charge in [0.2, 0.25) is 13.6 Å². The third kappa shape index (κ3) is 10.2. The quantitative estimate of drug-likeness (QED) is 0.127. The smallest absolute Gasteiger partial charge is 0.231 e. The Bertz CT molecular complexity index is 3290. The fourth-order valence-corrected chi connectivity index (χ4v) is 17.5. The molecule has 376 valence electrons. The van der Waals surface area contributed by atoms with E-state index in [2.05, 4.69) is 250 Å². The maximum atomic E-state index is 6.35. The Morgan fingerprint density at radius 1 is 0.276 bits per heavy atom. The first kappa shape index (κ1) is 50.4. The zero-order chi connectivity index (χ0) is 50.3. The zero-order valence-corrected chi connectivity index (χ0v) is 44.1. The van der Waals surface area contributed by atoms with Crippen LogP contribution in [-0.2, 0) is 0 Å². The van der Waals surface area contributed by atoms with Crippen LogP contribution in [0.5, 0.6) is 34.5 Å². The number of hydrogen-bond donors (Lipinski definition) is 0. The van der Waals surface area contributed by atoms with Gasteiger partial charge in [-0.3, -0.25) is 0 Å². The van der Waals surface area contributed by atoms with Crippen molar-refractivity contribution in [3.05, 3.63) is 248 Å². The summed E-state index contributed by atoms with van der Waals surface area (Å²) in [5, 5.41) is 11.3. The number of rotatable bonds is 10. The van der Waals surface area contributed by atoms with E-state index in [1.807, 2.05) is 0 Å². The molecule has 76 heavy (non-hydrogen) atoms. The molecule has 0 atom stereocenters. The van der Waals surface area contributed by atoms with Gasteiger partial charge in [-0.1, -0.05) is 214 Å². The molecule has 0 N–H and O–H groups in total. The van der Waals surface area contributed by atoms with Crippen LogP contribution in [0.4, 0.5) is 0 Å². The van der Waals surface area contributed by atoms with Gasteiger partial charge in [0.25, 0.3) is 0 Å². The van der Waals surface area contributed by atoms with Gasteiger partial charge in [-0.05, 0) is 120 Å². The summed E-state index contributed by atoms with van der Waals surface area (Å²) in [6, 6.07) is 86.1. The second kappa shape index (κ2) is 23.5. The topological polar surface area (TPSA) is 55.4 Å². The van der Waals surface area contributed by atoms with Gasteiger partial charge in [-0.2, -0.15) is 0 Å². The second-order valence-electron chi connectivity index (χ2n) is 18.1. The molecule has 9 heteroatoms. The minimum absolute atomic E-state index is 0. The van der Waals surface area contributed by atoms with Crippen LogP contribution in [0, 0.1) is 6.92 Å². The third-order valence-corrected chi connectivity index (χ3v) is 20.8. The SMILES string of the molecule is C.Cc1cccc2c1-c1c(cccc1P(c1ccccc1)c1ccccc1)OCCCO2.c1ccc(P(c2ccccc2)c2ccc3c(c2-c2c(P(c4ccccc4)c4ccccc4)ccc4c2OCO4)OCO3)cc1. The Kier molecular flexibility index (Phi) is 15.6. The highest BCUT2D eigenvalue weighted by Gasteiger charge is 2.36. The number of benzene rings is 10. The van der Waals surface area contributed by atoms with Crippen molar-refractivity contribution in [3.8, 4) is 56.8 Å². The molecule has 3 heterocycles. The van der Waals surface area contributed by atoms with Crippen molar-refractivity contribution in [2.75, 3.05) is 26.8 Å². The van der Waals surface area contributed by atoms with Crippen LogP contribution in [0.3, 0.4) is 0 Å². The lowest BCUT2D eigenvalue weighted by Crippen LogP contribution is -2.26. The summed E-state index contributed by atoms with van der Waals surface area (Å²) in [5.74, 6) is 4.87. The molecule has 10 aromatic rings. The molecule has 0 aromatic heterocycles. The lowest BCUT2D eigenvalue weighted by atomic mass is 9.98. The molecule has 0 unspecified atom stereocenters. The van der Waals surface area contributed by atoms with E-state index in [0.29, 0.717) is 13.2 Å². The molecule has 3 aliphatic rings. The molecular formula is C67H57O6P3. The Morgan fingerprint density at radius 3 is 0.974 bits per heavy atom. The molecular weight excluding hydrogens is 994 g/mol. The molecule has 10 aromatic carbocycles. The van der Waals surface area contributed by atoms with Gasteiger partial charge in [0, 0.05) is 28.7 Å². The summed E-state index contributed by atoms with van der Waals surface area (Å²) >= 11 is 0. The molecule has 0 saturated carbocycles. The van der Waals surface area contributed by atoms with E-state index in [9.17, 15) is 0 Å². The molecule has 0 fully saturated rings. The van der Waals surface area contributed by atoms with E-state index in [0.717, 1.165) is 63.2 Å². The fourth-order valence-electron chi connectivity index (χ4n) is 10.1.